The van der Waals surface area contributed by atoms with Crippen LogP contribution in [-0.4, -0.2) is 35.6 Å². The number of piperidine rings is 1. The minimum absolute atomic E-state index is 0.207. The van der Waals surface area contributed by atoms with E-state index in [1.165, 1.54) is 0 Å². The Labute approximate surface area is 120 Å². The van der Waals surface area contributed by atoms with E-state index in [-0.39, 0.29) is 18.4 Å². The quantitative estimate of drug-likeness (QED) is 0.827. The highest BCUT2D eigenvalue weighted by molar-refractivity contribution is 5.77. The maximum atomic E-state index is 12.3. The number of aliphatic hydroxyl groups is 1. The Morgan fingerprint density at radius 2 is 1.95 bits per heavy atom. The Hall–Kier alpha value is -1.55. The predicted octanol–water partition coefficient (Wildman–Crippen LogP) is 1.99. The van der Waals surface area contributed by atoms with Crippen LogP contribution in [0.5, 0.6) is 0 Å². The first-order valence-corrected chi connectivity index (χ1v) is 7.34. The number of carbonyl (C=O) groups excluding carboxylic acids is 1. The van der Waals surface area contributed by atoms with Gasteiger partial charge >= 0.3 is 0 Å². The van der Waals surface area contributed by atoms with Gasteiger partial charge in [0, 0.05) is 31.8 Å². The van der Waals surface area contributed by atoms with Crippen molar-refractivity contribution in [1.29, 1.82) is 0 Å². The van der Waals surface area contributed by atoms with Gasteiger partial charge in [-0.15, -0.1) is 0 Å². The topological polar surface area (TPSA) is 66.6 Å². The van der Waals surface area contributed by atoms with Crippen LogP contribution in [0.15, 0.2) is 24.3 Å². The molecule has 110 valence electrons. The van der Waals surface area contributed by atoms with E-state index in [1.54, 1.807) is 0 Å². The molecule has 1 atom stereocenters. The molecule has 1 saturated heterocycles. The second kappa shape index (κ2) is 6.75. The van der Waals surface area contributed by atoms with E-state index >= 15 is 0 Å². The molecule has 1 heterocycles. The number of nitrogens with zero attached hydrogens (tertiary/aromatic N) is 1. The molecule has 1 aromatic rings. The third kappa shape index (κ3) is 3.73. The Morgan fingerprint density at radius 3 is 2.50 bits per heavy atom. The van der Waals surface area contributed by atoms with Crippen molar-refractivity contribution >= 4 is 11.6 Å². The summed E-state index contributed by atoms with van der Waals surface area (Å²) in [6, 6.07) is 7.74. The molecule has 0 radical (unpaired) electrons. The van der Waals surface area contributed by atoms with Gasteiger partial charge in [-0.3, -0.25) is 4.79 Å². The molecule has 2 rings (SSSR count). The lowest BCUT2D eigenvalue weighted by Crippen LogP contribution is -2.39. The summed E-state index contributed by atoms with van der Waals surface area (Å²) in [4.78, 5) is 14.2. The highest BCUT2D eigenvalue weighted by atomic mass is 16.3. The van der Waals surface area contributed by atoms with Gasteiger partial charge in [-0.1, -0.05) is 19.1 Å². The molecule has 1 fully saturated rings. The largest absolute Gasteiger partial charge is 0.399 e. The molecule has 20 heavy (non-hydrogen) atoms. The molecular formula is C16H24N2O2. The second-order valence-corrected chi connectivity index (χ2v) is 5.78. The van der Waals surface area contributed by atoms with Crippen molar-refractivity contribution in [2.75, 3.05) is 25.4 Å². The molecule has 1 aliphatic rings. The number of benzene rings is 1. The number of rotatable bonds is 4. The van der Waals surface area contributed by atoms with E-state index in [9.17, 15) is 4.79 Å². The van der Waals surface area contributed by atoms with Crippen LogP contribution in [0.3, 0.4) is 0 Å². The van der Waals surface area contributed by atoms with Gasteiger partial charge in [-0.2, -0.15) is 0 Å². The summed E-state index contributed by atoms with van der Waals surface area (Å²) in [5.41, 5.74) is 7.57. The standard InChI is InChI=1S/C16H24N2O2/c1-12(14-2-4-15(17)5-3-14)10-16(20)18-8-6-13(11-19)7-9-18/h2-5,12-13,19H,6-11,17H2,1H3. The van der Waals surface area contributed by atoms with Gasteiger partial charge in [0.15, 0.2) is 0 Å². The van der Waals surface area contributed by atoms with Crippen LogP contribution in [0.2, 0.25) is 0 Å². The highest BCUT2D eigenvalue weighted by Crippen LogP contribution is 2.23. The number of aliphatic hydroxyl groups excluding tert-OH is 1. The van der Waals surface area contributed by atoms with Crippen LogP contribution < -0.4 is 5.73 Å². The van der Waals surface area contributed by atoms with Gasteiger partial charge < -0.3 is 15.7 Å². The summed E-state index contributed by atoms with van der Waals surface area (Å²) >= 11 is 0. The molecule has 0 saturated carbocycles. The van der Waals surface area contributed by atoms with Crippen molar-refractivity contribution in [3.05, 3.63) is 29.8 Å². The predicted molar refractivity (Wildman–Crippen MR) is 80.3 cm³/mol. The van der Waals surface area contributed by atoms with Crippen LogP contribution >= 0.6 is 0 Å². The minimum Gasteiger partial charge on any atom is -0.399 e. The third-order valence-electron chi connectivity index (χ3n) is 4.21. The molecule has 1 aliphatic heterocycles. The summed E-state index contributed by atoms with van der Waals surface area (Å²) in [6.45, 7) is 3.87. The van der Waals surface area contributed by atoms with Crippen molar-refractivity contribution in [3.8, 4) is 0 Å². The number of carbonyl (C=O) groups is 1. The van der Waals surface area contributed by atoms with E-state index in [2.05, 4.69) is 6.92 Å². The zero-order valence-electron chi connectivity index (χ0n) is 12.1. The number of hydrogen-bond donors (Lipinski definition) is 2. The Balaban J connectivity index is 1.86. The van der Waals surface area contributed by atoms with E-state index in [0.29, 0.717) is 12.3 Å². The Morgan fingerprint density at radius 1 is 1.35 bits per heavy atom. The minimum atomic E-state index is 0.207. The van der Waals surface area contributed by atoms with Crippen molar-refractivity contribution in [2.45, 2.75) is 32.1 Å². The van der Waals surface area contributed by atoms with Gasteiger partial charge in [0.2, 0.25) is 5.91 Å². The Bertz CT molecular complexity index is 436. The lowest BCUT2D eigenvalue weighted by Gasteiger charge is -2.32. The lowest BCUT2D eigenvalue weighted by molar-refractivity contribution is -0.133. The second-order valence-electron chi connectivity index (χ2n) is 5.78. The molecule has 4 heteroatoms. The van der Waals surface area contributed by atoms with E-state index in [0.717, 1.165) is 37.2 Å². The van der Waals surface area contributed by atoms with Crippen LogP contribution in [0.1, 0.15) is 37.7 Å². The molecule has 1 amide bonds. The summed E-state index contributed by atoms with van der Waals surface area (Å²) < 4.78 is 0. The fourth-order valence-electron chi connectivity index (χ4n) is 2.70. The monoisotopic (exact) mass is 276 g/mol. The molecule has 0 aromatic heterocycles. The fourth-order valence-corrected chi connectivity index (χ4v) is 2.70. The molecule has 0 bridgehead atoms. The van der Waals surface area contributed by atoms with Crippen LogP contribution in [-0.2, 0) is 4.79 Å². The van der Waals surface area contributed by atoms with Crippen molar-refractivity contribution in [2.24, 2.45) is 5.92 Å². The molecule has 4 nitrogen and oxygen atoms in total. The number of anilines is 1. The zero-order chi connectivity index (χ0) is 14.5. The number of likely N-dealkylation sites (tertiary alicyclic amines) is 1. The average molecular weight is 276 g/mol. The van der Waals surface area contributed by atoms with Crippen molar-refractivity contribution in [3.63, 3.8) is 0 Å². The SMILES string of the molecule is CC(CC(=O)N1CCC(CO)CC1)c1ccc(N)cc1. The van der Waals surface area contributed by atoms with E-state index in [1.807, 2.05) is 29.2 Å². The first-order chi connectivity index (χ1) is 9.60. The van der Waals surface area contributed by atoms with E-state index < -0.39 is 0 Å². The summed E-state index contributed by atoms with van der Waals surface area (Å²) in [5.74, 6) is 0.790. The first kappa shape index (κ1) is 14.9. The molecule has 0 spiro atoms. The summed E-state index contributed by atoms with van der Waals surface area (Å²) in [5, 5.41) is 9.12. The molecular weight excluding hydrogens is 252 g/mol. The van der Waals surface area contributed by atoms with Gasteiger partial charge in [0.25, 0.3) is 0 Å². The number of amides is 1. The summed E-state index contributed by atoms with van der Waals surface area (Å²) in [7, 11) is 0. The highest BCUT2D eigenvalue weighted by Gasteiger charge is 2.23. The number of hydrogen-bond acceptors (Lipinski definition) is 3. The van der Waals surface area contributed by atoms with Gasteiger partial charge in [0.05, 0.1) is 0 Å². The zero-order valence-corrected chi connectivity index (χ0v) is 12.1. The summed E-state index contributed by atoms with van der Waals surface area (Å²) in [6.07, 6.45) is 2.37. The third-order valence-corrected chi connectivity index (χ3v) is 4.21. The number of nitrogens with two attached hydrogens (primary N) is 1. The fraction of sp³-hybridized carbons (Fsp3) is 0.562. The van der Waals surface area contributed by atoms with Gasteiger partial charge in [-0.25, -0.2) is 0 Å². The maximum Gasteiger partial charge on any atom is 0.223 e. The molecule has 3 N–H and O–H groups in total. The van der Waals surface area contributed by atoms with Crippen molar-refractivity contribution < 1.29 is 9.90 Å². The van der Waals surface area contributed by atoms with Crippen molar-refractivity contribution in [1.82, 2.24) is 4.90 Å². The molecule has 1 aromatic carbocycles. The van der Waals surface area contributed by atoms with Crippen LogP contribution in [0.4, 0.5) is 5.69 Å². The van der Waals surface area contributed by atoms with Crippen LogP contribution in [0.25, 0.3) is 0 Å². The van der Waals surface area contributed by atoms with Gasteiger partial charge in [0.1, 0.15) is 0 Å². The normalized spacial score (nSPS) is 18.0. The van der Waals surface area contributed by atoms with Gasteiger partial charge in [-0.05, 0) is 42.4 Å². The Kier molecular flexibility index (Phi) is 5.01. The average Bonchev–Trinajstić information content (AvgIpc) is 2.48. The molecule has 0 aliphatic carbocycles. The lowest BCUT2D eigenvalue weighted by atomic mass is 9.94. The first-order valence-electron chi connectivity index (χ1n) is 7.34. The smallest absolute Gasteiger partial charge is 0.223 e. The maximum absolute atomic E-state index is 12.3. The molecule has 1 unspecified atom stereocenters. The van der Waals surface area contributed by atoms with Crippen LogP contribution in [0, 0.1) is 5.92 Å². The number of nitrogen functional groups attached to an aromatic ring is 1. The van der Waals surface area contributed by atoms with E-state index in [4.69, 9.17) is 10.8 Å².